The van der Waals surface area contributed by atoms with Crippen LogP contribution in [-0.2, 0) is 20.8 Å². The minimum absolute atomic E-state index is 0.00976. The molecule has 7 nitrogen and oxygen atoms in total. The van der Waals surface area contributed by atoms with Crippen LogP contribution in [0.25, 0.3) is 11.0 Å². The molecular weight excluding hydrogens is 521 g/mol. The van der Waals surface area contributed by atoms with Crippen LogP contribution in [0.3, 0.4) is 0 Å². The van der Waals surface area contributed by atoms with Gasteiger partial charge in [-0.2, -0.15) is 0 Å². The van der Waals surface area contributed by atoms with Gasteiger partial charge < -0.3 is 24.9 Å². The molecule has 0 saturated heterocycles. The normalized spacial score (nSPS) is 18.2. The number of rotatable bonds is 9. The minimum Gasteiger partial charge on any atom is -0.459 e. The van der Waals surface area contributed by atoms with E-state index in [0.717, 1.165) is 26.6 Å². The number of H-pyrrole nitrogens is 1. The Labute approximate surface area is 200 Å². The zero-order valence-electron chi connectivity index (χ0n) is 17.6. The second-order valence-electron chi connectivity index (χ2n) is 7.66. The van der Waals surface area contributed by atoms with E-state index >= 15 is 0 Å². The summed E-state index contributed by atoms with van der Waals surface area (Å²) in [7, 11) is 0. The summed E-state index contributed by atoms with van der Waals surface area (Å²) in [4.78, 5) is 20.6. The molecule has 3 aromatic rings. The SMILES string of the molecule is O=C(NCc1nc2ccccc2[nH]1)C1=C[C@@H](c2ccc(I)cc2)C[C@@H](OCCCCO)O1. The van der Waals surface area contributed by atoms with Crippen LogP contribution in [-0.4, -0.2) is 40.5 Å². The van der Waals surface area contributed by atoms with Crippen molar-refractivity contribution in [1.82, 2.24) is 15.3 Å². The molecule has 2 atom stereocenters. The van der Waals surface area contributed by atoms with Crippen molar-refractivity contribution in [3.63, 3.8) is 0 Å². The van der Waals surface area contributed by atoms with Crippen molar-refractivity contribution >= 4 is 39.5 Å². The number of nitrogens with zero attached hydrogens (tertiary/aromatic N) is 1. The van der Waals surface area contributed by atoms with Crippen LogP contribution in [0.2, 0.25) is 0 Å². The van der Waals surface area contributed by atoms with Crippen LogP contribution >= 0.6 is 22.6 Å². The van der Waals surface area contributed by atoms with Gasteiger partial charge >= 0.3 is 0 Å². The topological polar surface area (TPSA) is 96.5 Å². The van der Waals surface area contributed by atoms with Crippen molar-refractivity contribution < 1.29 is 19.4 Å². The van der Waals surface area contributed by atoms with E-state index in [-0.39, 0.29) is 30.7 Å². The molecule has 0 radical (unpaired) electrons. The van der Waals surface area contributed by atoms with E-state index < -0.39 is 6.29 Å². The van der Waals surface area contributed by atoms with Crippen molar-refractivity contribution in [3.05, 3.63) is 75.3 Å². The second-order valence-corrected chi connectivity index (χ2v) is 8.90. The van der Waals surface area contributed by atoms with E-state index in [2.05, 4.69) is 62.1 Å². The number of carbonyl (C=O) groups excluding carboxylic acids is 1. The van der Waals surface area contributed by atoms with Crippen LogP contribution in [0, 0.1) is 3.57 Å². The van der Waals surface area contributed by atoms with Gasteiger partial charge in [0.15, 0.2) is 5.76 Å². The number of para-hydroxylation sites is 2. The third kappa shape index (κ3) is 5.87. The maximum atomic E-state index is 12.9. The molecular formula is C24H26IN3O4. The Bertz CT molecular complexity index is 1050. The number of aromatic amines is 1. The Hall–Kier alpha value is -2.43. The molecule has 2 heterocycles. The minimum atomic E-state index is -0.519. The lowest BCUT2D eigenvalue weighted by Crippen LogP contribution is -2.33. The largest absolute Gasteiger partial charge is 0.459 e. The molecule has 1 amide bonds. The monoisotopic (exact) mass is 547 g/mol. The number of amides is 1. The number of unbranched alkanes of at least 4 members (excludes halogenated alkanes) is 1. The van der Waals surface area contributed by atoms with Gasteiger partial charge in [-0.05, 0) is 71.3 Å². The number of hydrogen-bond donors (Lipinski definition) is 3. The standard InChI is InChI=1S/C24H26IN3O4/c25-18-9-7-16(8-10-18)17-13-21(32-23(14-17)31-12-4-3-11-29)24(30)26-15-22-27-19-5-1-2-6-20(19)28-22/h1-2,5-10,13,17,23,29H,3-4,11-12,14-15H2,(H,26,30)(H,27,28)/t17-,23+/m1/s1. The molecule has 3 N–H and O–H groups in total. The molecule has 0 aliphatic carbocycles. The highest BCUT2D eigenvalue weighted by Crippen LogP contribution is 2.32. The summed E-state index contributed by atoms with van der Waals surface area (Å²) in [6, 6.07) is 16.0. The third-order valence-corrected chi connectivity index (χ3v) is 6.01. The van der Waals surface area contributed by atoms with E-state index in [4.69, 9.17) is 14.6 Å². The van der Waals surface area contributed by atoms with Gasteiger partial charge in [0.25, 0.3) is 5.91 Å². The first-order valence-corrected chi connectivity index (χ1v) is 11.8. The zero-order valence-corrected chi connectivity index (χ0v) is 19.7. The molecule has 0 spiro atoms. The summed E-state index contributed by atoms with van der Waals surface area (Å²) in [5.74, 6) is 0.644. The van der Waals surface area contributed by atoms with Gasteiger partial charge in [0.1, 0.15) is 5.82 Å². The average Bonchev–Trinajstić information content (AvgIpc) is 3.24. The maximum Gasteiger partial charge on any atom is 0.286 e. The summed E-state index contributed by atoms with van der Waals surface area (Å²) in [5, 5.41) is 11.9. The molecule has 0 saturated carbocycles. The number of aromatic nitrogens is 2. The van der Waals surface area contributed by atoms with E-state index in [1.54, 1.807) is 0 Å². The van der Waals surface area contributed by atoms with E-state index in [9.17, 15) is 4.79 Å². The molecule has 32 heavy (non-hydrogen) atoms. The fraction of sp³-hybridized carbons (Fsp3) is 0.333. The number of hydrogen-bond acceptors (Lipinski definition) is 5. The number of ether oxygens (including phenoxy) is 2. The Kier molecular flexibility index (Phi) is 7.77. The fourth-order valence-electron chi connectivity index (χ4n) is 3.63. The van der Waals surface area contributed by atoms with Gasteiger partial charge in [-0.25, -0.2) is 4.98 Å². The van der Waals surface area contributed by atoms with Crippen molar-refractivity contribution in [3.8, 4) is 0 Å². The van der Waals surface area contributed by atoms with Gasteiger partial charge in [-0.3, -0.25) is 4.79 Å². The highest BCUT2D eigenvalue weighted by Gasteiger charge is 2.28. The molecule has 2 aromatic carbocycles. The molecule has 0 fully saturated rings. The first kappa shape index (κ1) is 22.8. The number of aliphatic hydroxyl groups is 1. The smallest absolute Gasteiger partial charge is 0.286 e. The molecule has 0 unspecified atom stereocenters. The van der Waals surface area contributed by atoms with Crippen molar-refractivity contribution in [2.75, 3.05) is 13.2 Å². The van der Waals surface area contributed by atoms with Crippen LogP contribution in [0.5, 0.6) is 0 Å². The van der Waals surface area contributed by atoms with Gasteiger partial charge in [-0.1, -0.05) is 24.3 Å². The Balaban J connectivity index is 1.45. The Morgan fingerprint density at radius 2 is 2.03 bits per heavy atom. The summed E-state index contributed by atoms with van der Waals surface area (Å²) in [6.07, 6.45) is 3.38. The van der Waals surface area contributed by atoms with Crippen molar-refractivity contribution in [2.45, 2.75) is 38.0 Å². The molecule has 1 aromatic heterocycles. The van der Waals surface area contributed by atoms with Gasteiger partial charge in [-0.15, -0.1) is 0 Å². The first-order valence-electron chi connectivity index (χ1n) is 10.7. The number of benzene rings is 2. The first-order chi connectivity index (χ1) is 15.6. The molecule has 8 heteroatoms. The third-order valence-electron chi connectivity index (χ3n) is 5.29. The fourth-order valence-corrected chi connectivity index (χ4v) is 3.99. The number of allylic oxidation sites excluding steroid dienone is 1. The zero-order chi connectivity index (χ0) is 22.3. The maximum absolute atomic E-state index is 12.9. The number of nitrogens with one attached hydrogen (secondary N) is 2. The van der Waals surface area contributed by atoms with Crippen LogP contribution in [0.15, 0.2) is 60.4 Å². The van der Waals surface area contributed by atoms with Crippen LogP contribution in [0.4, 0.5) is 0 Å². The number of aliphatic hydroxyl groups excluding tert-OH is 1. The van der Waals surface area contributed by atoms with E-state index in [0.29, 0.717) is 25.3 Å². The summed E-state index contributed by atoms with van der Waals surface area (Å²) in [6.45, 7) is 0.873. The summed E-state index contributed by atoms with van der Waals surface area (Å²) < 4.78 is 12.9. The average molecular weight is 547 g/mol. The molecule has 1 aliphatic rings. The lowest BCUT2D eigenvalue weighted by atomic mass is 9.93. The van der Waals surface area contributed by atoms with E-state index in [1.807, 2.05) is 30.3 Å². The lowest BCUT2D eigenvalue weighted by molar-refractivity contribution is -0.146. The van der Waals surface area contributed by atoms with Crippen molar-refractivity contribution in [2.24, 2.45) is 0 Å². The molecule has 0 bridgehead atoms. The van der Waals surface area contributed by atoms with Crippen LogP contribution < -0.4 is 5.32 Å². The van der Waals surface area contributed by atoms with Gasteiger partial charge in [0, 0.05) is 22.5 Å². The Morgan fingerprint density at radius 1 is 1.22 bits per heavy atom. The molecule has 168 valence electrons. The summed E-state index contributed by atoms with van der Waals surface area (Å²) in [5.41, 5.74) is 2.90. The second kappa shape index (κ2) is 10.9. The highest BCUT2D eigenvalue weighted by atomic mass is 127. The van der Waals surface area contributed by atoms with Gasteiger partial charge in [0.05, 0.1) is 24.2 Å². The number of halogens is 1. The van der Waals surface area contributed by atoms with Gasteiger partial charge in [0.2, 0.25) is 6.29 Å². The molecule has 4 rings (SSSR count). The number of imidazole rings is 1. The summed E-state index contributed by atoms with van der Waals surface area (Å²) >= 11 is 2.28. The highest BCUT2D eigenvalue weighted by molar-refractivity contribution is 14.1. The quantitative estimate of drug-likeness (QED) is 0.278. The van der Waals surface area contributed by atoms with Crippen molar-refractivity contribution in [1.29, 1.82) is 0 Å². The van der Waals surface area contributed by atoms with Crippen LogP contribution in [0.1, 0.15) is 36.6 Å². The predicted octanol–water partition coefficient (Wildman–Crippen LogP) is 3.99. The molecule has 1 aliphatic heterocycles. The lowest BCUT2D eigenvalue weighted by Gasteiger charge is -2.29. The number of carbonyl (C=O) groups is 1. The predicted molar refractivity (Wildman–Crippen MR) is 130 cm³/mol. The number of fused-ring (bicyclic) bond motifs is 1. The van der Waals surface area contributed by atoms with E-state index in [1.165, 1.54) is 0 Å². The Morgan fingerprint density at radius 3 is 2.81 bits per heavy atom.